The zero-order valence-corrected chi connectivity index (χ0v) is 13.3. The lowest BCUT2D eigenvalue weighted by Crippen LogP contribution is -2.33. The van der Waals surface area contributed by atoms with Gasteiger partial charge in [-0.25, -0.2) is 13.1 Å². The molecular formula is C14H22ClNO2S. The van der Waals surface area contributed by atoms with Crippen LogP contribution in [-0.4, -0.2) is 20.8 Å². The summed E-state index contributed by atoms with van der Waals surface area (Å²) in [5, 5.41) is 0. The average Bonchev–Trinajstić information content (AvgIpc) is 2.38. The summed E-state index contributed by atoms with van der Waals surface area (Å²) >= 11 is 5.65. The first-order valence-electron chi connectivity index (χ1n) is 6.45. The Balaban J connectivity index is 2.77. The van der Waals surface area contributed by atoms with E-state index in [1.807, 2.05) is 26.0 Å². The summed E-state index contributed by atoms with van der Waals surface area (Å²) in [6.07, 6.45) is 1.67. The van der Waals surface area contributed by atoms with Gasteiger partial charge in [-0.05, 0) is 36.0 Å². The van der Waals surface area contributed by atoms with Crippen molar-refractivity contribution in [1.82, 2.24) is 4.72 Å². The Bertz CT molecular complexity index is 495. The fraction of sp³-hybridized carbons (Fsp3) is 0.571. The first-order chi connectivity index (χ1) is 8.80. The minimum absolute atomic E-state index is 0.0361. The highest BCUT2D eigenvalue weighted by molar-refractivity contribution is 7.89. The number of nitrogens with one attached hydrogen (secondary N) is 1. The monoisotopic (exact) mass is 303 g/mol. The molecule has 19 heavy (non-hydrogen) atoms. The fourth-order valence-electron chi connectivity index (χ4n) is 1.44. The first-order valence-corrected chi connectivity index (χ1v) is 8.47. The van der Waals surface area contributed by atoms with Gasteiger partial charge < -0.3 is 0 Å². The molecule has 5 heteroatoms. The Morgan fingerprint density at radius 1 is 1.21 bits per heavy atom. The summed E-state index contributed by atoms with van der Waals surface area (Å²) in [5.41, 5.74) is 1.01. The van der Waals surface area contributed by atoms with Crippen molar-refractivity contribution >= 4 is 21.6 Å². The van der Waals surface area contributed by atoms with Crippen molar-refractivity contribution in [3.8, 4) is 0 Å². The fourth-order valence-corrected chi connectivity index (χ4v) is 2.90. The molecule has 0 saturated carbocycles. The Hall–Kier alpha value is -0.580. The molecule has 1 N–H and O–H groups in total. The Labute approximate surface area is 121 Å². The number of hydrogen-bond donors (Lipinski definition) is 1. The Morgan fingerprint density at radius 3 is 2.26 bits per heavy atom. The molecule has 1 aromatic carbocycles. The Morgan fingerprint density at radius 2 is 1.79 bits per heavy atom. The van der Waals surface area contributed by atoms with E-state index in [0.29, 0.717) is 17.3 Å². The second kappa shape index (κ2) is 6.73. The van der Waals surface area contributed by atoms with Crippen molar-refractivity contribution in [2.24, 2.45) is 5.41 Å². The van der Waals surface area contributed by atoms with E-state index in [9.17, 15) is 8.42 Å². The second-order valence-corrected chi connectivity index (χ2v) is 7.57. The molecule has 0 amide bonds. The number of aryl methyl sites for hydroxylation is 1. The highest BCUT2D eigenvalue weighted by Crippen LogP contribution is 2.19. The van der Waals surface area contributed by atoms with Crippen molar-refractivity contribution in [1.29, 1.82) is 0 Å². The predicted molar refractivity (Wildman–Crippen MR) is 80.1 cm³/mol. The van der Waals surface area contributed by atoms with Gasteiger partial charge in [0.15, 0.2) is 0 Å². The van der Waals surface area contributed by atoms with Crippen molar-refractivity contribution < 1.29 is 8.42 Å². The topological polar surface area (TPSA) is 46.2 Å². The zero-order chi connectivity index (χ0) is 14.5. The summed E-state index contributed by atoms with van der Waals surface area (Å²) in [5.74, 6) is 0.537. The molecule has 0 aliphatic rings. The number of rotatable bonds is 7. The molecule has 0 aliphatic heterocycles. The van der Waals surface area contributed by atoms with Gasteiger partial charge >= 0.3 is 0 Å². The van der Waals surface area contributed by atoms with Crippen LogP contribution in [0.4, 0.5) is 0 Å². The SMILES string of the molecule is CCC(C)(C)CNS(=O)(=O)c1ccc(CCCl)cc1. The number of benzene rings is 1. The van der Waals surface area contributed by atoms with Gasteiger partial charge in [-0.15, -0.1) is 11.6 Å². The summed E-state index contributed by atoms with van der Waals surface area (Å²) in [7, 11) is -3.42. The minimum atomic E-state index is -3.42. The molecule has 1 rings (SSSR count). The molecule has 0 aliphatic carbocycles. The van der Waals surface area contributed by atoms with E-state index in [-0.39, 0.29) is 5.41 Å². The van der Waals surface area contributed by atoms with Gasteiger partial charge in [0, 0.05) is 12.4 Å². The van der Waals surface area contributed by atoms with Gasteiger partial charge in [-0.3, -0.25) is 0 Å². The molecular weight excluding hydrogens is 282 g/mol. The third-order valence-electron chi connectivity index (χ3n) is 3.31. The lowest BCUT2D eigenvalue weighted by Gasteiger charge is -2.22. The van der Waals surface area contributed by atoms with E-state index in [1.54, 1.807) is 12.1 Å². The van der Waals surface area contributed by atoms with Gasteiger partial charge in [0.25, 0.3) is 0 Å². The van der Waals surface area contributed by atoms with E-state index < -0.39 is 10.0 Å². The highest BCUT2D eigenvalue weighted by Gasteiger charge is 2.20. The van der Waals surface area contributed by atoms with Gasteiger partial charge in [0.05, 0.1) is 4.90 Å². The van der Waals surface area contributed by atoms with Crippen LogP contribution in [0.15, 0.2) is 29.2 Å². The molecule has 0 bridgehead atoms. The van der Waals surface area contributed by atoms with Gasteiger partial charge in [0.2, 0.25) is 10.0 Å². The van der Waals surface area contributed by atoms with E-state index in [2.05, 4.69) is 11.6 Å². The third-order valence-corrected chi connectivity index (χ3v) is 4.92. The van der Waals surface area contributed by atoms with Crippen molar-refractivity contribution in [3.63, 3.8) is 0 Å². The molecule has 0 heterocycles. The highest BCUT2D eigenvalue weighted by atomic mass is 35.5. The van der Waals surface area contributed by atoms with Crippen molar-refractivity contribution in [3.05, 3.63) is 29.8 Å². The molecule has 3 nitrogen and oxygen atoms in total. The van der Waals surface area contributed by atoms with E-state index in [4.69, 9.17) is 11.6 Å². The van der Waals surface area contributed by atoms with Crippen LogP contribution in [0, 0.1) is 5.41 Å². The van der Waals surface area contributed by atoms with Crippen LogP contribution in [-0.2, 0) is 16.4 Å². The van der Waals surface area contributed by atoms with E-state index in [0.717, 1.165) is 18.4 Å². The van der Waals surface area contributed by atoms with Crippen LogP contribution in [0.5, 0.6) is 0 Å². The van der Waals surface area contributed by atoms with Crippen molar-refractivity contribution in [2.75, 3.05) is 12.4 Å². The van der Waals surface area contributed by atoms with Crippen LogP contribution in [0.25, 0.3) is 0 Å². The number of alkyl halides is 1. The second-order valence-electron chi connectivity index (χ2n) is 5.43. The molecule has 108 valence electrons. The molecule has 0 unspecified atom stereocenters. The molecule has 0 saturated heterocycles. The third kappa shape index (κ3) is 5.13. The lowest BCUT2D eigenvalue weighted by atomic mass is 9.91. The molecule has 0 atom stereocenters. The van der Waals surface area contributed by atoms with Gasteiger partial charge in [0.1, 0.15) is 0 Å². The van der Waals surface area contributed by atoms with Gasteiger partial charge in [-0.1, -0.05) is 32.9 Å². The normalized spacial score (nSPS) is 12.6. The van der Waals surface area contributed by atoms with Crippen LogP contribution in [0.2, 0.25) is 0 Å². The Kier molecular flexibility index (Phi) is 5.83. The number of sulfonamides is 1. The maximum atomic E-state index is 12.1. The number of halogens is 1. The summed E-state index contributed by atoms with van der Waals surface area (Å²) < 4.78 is 26.9. The summed E-state index contributed by atoms with van der Waals surface area (Å²) in [6.45, 7) is 6.57. The maximum absolute atomic E-state index is 12.1. The van der Waals surface area contributed by atoms with Gasteiger partial charge in [-0.2, -0.15) is 0 Å². The van der Waals surface area contributed by atoms with Crippen molar-refractivity contribution in [2.45, 2.75) is 38.5 Å². The molecule has 0 aromatic heterocycles. The van der Waals surface area contributed by atoms with Crippen LogP contribution < -0.4 is 4.72 Å². The molecule has 0 spiro atoms. The quantitative estimate of drug-likeness (QED) is 0.786. The number of hydrogen-bond acceptors (Lipinski definition) is 2. The average molecular weight is 304 g/mol. The predicted octanol–water partition coefficient (Wildman–Crippen LogP) is 3.18. The smallest absolute Gasteiger partial charge is 0.211 e. The van der Waals surface area contributed by atoms with Crippen LogP contribution >= 0.6 is 11.6 Å². The zero-order valence-electron chi connectivity index (χ0n) is 11.7. The lowest BCUT2D eigenvalue weighted by molar-refractivity contribution is 0.350. The van der Waals surface area contributed by atoms with E-state index in [1.165, 1.54) is 0 Å². The maximum Gasteiger partial charge on any atom is 0.240 e. The van der Waals surface area contributed by atoms with Crippen LogP contribution in [0.1, 0.15) is 32.8 Å². The van der Waals surface area contributed by atoms with Crippen LogP contribution in [0.3, 0.4) is 0 Å². The largest absolute Gasteiger partial charge is 0.240 e. The minimum Gasteiger partial charge on any atom is -0.211 e. The standard InChI is InChI=1S/C14H22ClNO2S/c1-4-14(2,3)11-16-19(17,18)13-7-5-12(6-8-13)9-10-15/h5-8,16H,4,9-11H2,1-3H3. The van der Waals surface area contributed by atoms with E-state index >= 15 is 0 Å². The summed E-state index contributed by atoms with van der Waals surface area (Å²) in [4.78, 5) is 0.303. The molecule has 0 fully saturated rings. The summed E-state index contributed by atoms with van der Waals surface area (Å²) in [6, 6.07) is 6.87. The molecule has 1 aromatic rings. The first kappa shape index (κ1) is 16.5. The molecule has 0 radical (unpaired) electrons.